The first-order chi connectivity index (χ1) is 13.8. The minimum absolute atomic E-state index is 0.0113. The van der Waals surface area contributed by atoms with E-state index in [0.29, 0.717) is 35.8 Å². The van der Waals surface area contributed by atoms with Gasteiger partial charge >= 0.3 is 0 Å². The summed E-state index contributed by atoms with van der Waals surface area (Å²) in [4.78, 5) is 20.4. The first-order valence-corrected chi connectivity index (χ1v) is 9.43. The van der Waals surface area contributed by atoms with E-state index in [1.54, 1.807) is 31.0 Å². The van der Waals surface area contributed by atoms with E-state index in [4.69, 9.17) is 4.52 Å². The Labute approximate surface area is 169 Å². The molecule has 1 heterocycles. The van der Waals surface area contributed by atoms with Crippen molar-refractivity contribution >= 4 is 11.6 Å². The molecule has 0 radical (unpaired) electrons. The average molecular weight is 396 g/mol. The molecule has 0 N–H and O–H groups in total. The van der Waals surface area contributed by atoms with E-state index in [9.17, 15) is 9.18 Å². The lowest BCUT2D eigenvalue weighted by atomic mass is 10.1. The van der Waals surface area contributed by atoms with Gasteiger partial charge in [0.1, 0.15) is 5.82 Å². The third-order valence-electron chi connectivity index (χ3n) is 4.75. The lowest BCUT2D eigenvalue weighted by molar-refractivity contribution is -0.130. The highest BCUT2D eigenvalue weighted by atomic mass is 19.1. The van der Waals surface area contributed by atoms with Gasteiger partial charge in [0.2, 0.25) is 17.6 Å². The van der Waals surface area contributed by atoms with Crippen LogP contribution in [0, 0.1) is 12.7 Å². The predicted molar refractivity (Wildman–Crippen MR) is 110 cm³/mol. The third kappa shape index (κ3) is 5.19. The van der Waals surface area contributed by atoms with Crippen molar-refractivity contribution in [2.45, 2.75) is 26.3 Å². The van der Waals surface area contributed by atoms with Crippen LogP contribution in [-0.4, -0.2) is 42.1 Å². The molecule has 0 saturated heterocycles. The smallest absolute Gasteiger partial charge is 0.227 e. The van der Waals surface area contributed by atoms with Crippen LogP contribution in [-0.2, 0) is 17.8 Å². The number of amides is 1. The number of aromatic nitrogens is 2. The molecule has 0 aliphatic heterocycles. The molecule has 29 heavy (non-hydrogen) atoms. The normalized spacial score (nSPS) is 10.8. The maximum Gasteiger partial charge on any atom is 0.227 e. The average Bonchev–Trinajstić information content (AvgIpc) is 3.17. The first-order valence-electron chi connectivity index (χ1n) is 9.43. The summed E-state index contributed by atoms with van der Waals surface area (Å²) in [7, 11) is 5.75. The summed E-state index contributed by atoms with van der Waals surface area (Å²) in [5.41, 5.74) is 3.28. The van der Waals surface area contributed by atoms with Gasteiger partial charge in [0, 0.05) is 51.8 Å². The molecular weight excluding hydrogens is 371 g/mol. The Balaban J connectivity index is 1.54. The highest BCUT2D eigenvalue weighted by molar-refractivity contribution is 5.76. The number of benzene rings is 2. The summed E-state index contributed by atoms with van der Waals surface area (Å²) in [6.45, 7) is 2.23. The largest absolute Gasteiger partial charge is 0.378 e. The Morgan fingerprint density at radius 3 is 2.48 bits per heavy atom. The van der Waals surface area contributed by atoms with Crippen molar-refractivity contribution in [3.05, 3.63) is 65.3 Å². The molecule has 0 unspecified atom stereocenters. The number of nitrogens with zero attached hydrogens (tertiary/aromatic N) is 4. The van der Waals surface area contributed by atoms with Crippen LogP contribution in [0.3, 0.4) is 0 Å². The third-order valence-corrected chi connectivity index (χ3v) is 4.75. The van der Waals surface area contributed by atoms with E-state index in [-0.39, 0.29) is 18.1 Å². The van der Waals surface area contributed by atoms with Crippen LogP contribution >= 0.6 is 0 Å². The molecule has 0 fully saturated rings. The summed E-state index contributed by atoms with van der Waals surface area (Å²) in [5.74, 6) is 0.353. The summed E-state index contributed by atoms with van der Waals surface area (Å²) in [6.07, 6.45) is 0.597. The van der Waals surface area contributed by atoms with Crippen molar-refractivity contribution in [3.8, 4) is 11.4 Å². The monoisotopic (exact) mass is 396 g/mol. The fourth-order valence-corrected chi connectivity index (χ4v) is 2.87. The Hall–Kier alpha value is -3.22. The second kappa shape index (κ2) is 8.86. The molecule has 0 aliphatic rings. The van der Waals surface area contributed by atoms with E-state index in [0.717, 1.165) is 11.3 Å². The molecular formula is C22H25FN4O2. The van der Waals surface area contributed by atoms with E-state index < -0.39 is 0 Å². The van der Waals surface area contributed by atoms with Gasteiger partial charge < -0.3 is 14.3 Å². The number of anilines is 1. The fraction of sp³-hybridized carbons (Fsp3) is 0.318. The molecule has 7 heteroatoms. The fourth-order valence-electron chi connectivity index (χ4n) is 2.87. The van der Waals surface area contributed by atoms with Crippen LogP contribution in [0.2, 0.25) is 0 Å². The molecule has 0 atom stereocenters. The highest BCUT2D eigenvalue weighted by Gasteiger charge is 2.14. The molecule has 0 saturated carbocycles. The number of halogens is 1. The van der Waals surface area contributed by atoms with Gasteiger partial charge in [-0.05, 0) is 36.2 Å². The highest BCUT2D eigenvalue weighted by Crippen LogP contribution is 2.19. The molecule has 3 aromatic rings. The second-order valence-corrected chi connectivity index (χ2v) is 7.29. The zero-order chi connectivity index (χ0) is 21.0. The molecule has 2 aromatic carbocycles. The lowest BCUT2D eigenvalue weighted by Crippen LogP contribution is -2.26. The van der Waals surface area contributed by atoms with Crippen LogP contribution in [0.5, 0.6) is 0 Å². The van der Waals surface area contributed by atoms with E-state index >= 15 is 0 Å². The molecule has 1 amide bonds. The number of aryl methyl sites for hydroxylation is 2. The summed E-state index contributed by atoms with van der Waals surface area (Å²) >= 11 is 0. The first kappa shape index (κ1) is 20.5. The number of carbonyl (C=O) groups excluding carboxylic acids is 1. The van der Waals surface area contributed by atoms with E-state index in [2.05, 4.69) is 10.1 Å². The summed E-state index contributed by atoms with van der Waals surface area (Å²) in [6, 6.07) is 12.9. The zero-order valence-electron chi connectivity index (χ0n) is 17.1. The van der Waals surface area contributed by atoms with Gasteiger partial charge in [-0.3, -0.25) is 4.79 Å². The predicted octanol–water partition coefficient (Wildman–Crippen LogP) is 3.84. The van der Waals surface area contributed by atoms with Crippen molar-refractivity contribution < 1.29 is 13.7 Å². The molecule has 1 aromatic heterocycles. The van der Waals surface area contributed by atoms with Gasteiger partial charge in [0.15, 0.2) is 0 Å². The van der Waals surface area contributed by atoms with Crippen LogP contribution in [0.4, 0.5) is 10.1 Å². The number of hydrogen-bond acceptors (Lipinski definition) is 5. The standard InChI is InChI=1S/C22H25FN4O2/c1-15-5-8-17(13-19(15)23)22-24-20(29-25-22)11-12-21(28)27(4)14-16-6-9-18(10-7-16)26(2)3/h5-10,13H,11-12,14H2,1-4H3. The van der Waals surface area contributed by atoms with Gasteiger partial charge in [-0.25, -0.2) is 4.39 Å². The Bertz CT molecular complexity index is 983. The van der Waals surface area contributed by atoms with Crippen molar-refractivity contribution in [1.82, 2.24) is 15.0 Å². The summed E-state index contributed by atoms with van der Waals surface area (Å²) in [5, 5.41) is 3.89. The molecule has 0 bridgehead atoms. The molecule has 0 aliphatic carbocycles. The topological polar surface area (TPSA) is 62.5 Å². The van der Waals surface area contributed by atoms with Gasteiger partial charge in [-0.15, -0.1) is 0 Å². The van der Waals surface area contributed by atoms with Crippen molar-refractivity contribution in [1.29, 1.82) is 0 Å². The van der Waals surface area contributed by atoms with Gasteiger partial charge in [0.25, 0.3) is 0 Å². The Kier molecular flexibility index (Phi) is 6.26. The zero-order valence-corrected chi connectivity index (χ0v) is 17.1. The molecule has 0 spiro atoms. The minimum Gasteiger partial charge on any atom is -0.378 e. The maximum absolute atomic E-state index is 13.7. The minimum atomic E-state index is -0.315. The van der Waals surface area contributed by atoms with Crippen molar-refractivity contribution in [3.63, 3.8) is 0 Å². The number of hydrogen-bond donors (Lipinski definition) is 0. The van der Waals surface area contributed by atoms with Crippen LogP contribution in [0.15, 0.2) is 47.0 Å². The van der Waals surface area contributed by atoms with Crippen LogP contribution in [0.25, 0.3) is 11.4 Å². The molecule has 3 rings (SSSR count). The van der Waals surface area contributed by atoms with Crippen LogP contribution < -0.4 is 4.90 Å². The lowest BCUT2D eigenvalue weighted by Gasteiger charge is -2.18. The second-order valence-electron chi connectivity index (χ2n) is 7.29. The van der Waals surface area contributed by atoms with Gasteiger partial charge in [-0.2, -0.15) is 4.98 Å². The molecule has 152 valence electrons. The van der Waals surface area contributed by atoms with Gasteiger partial charge in [-0.1, -0.05) is 29.4 Å². The summed E-state index contributed by atoms with van der Waals surface area (Å²) < 4.78 is 18.9. The quantitative estimate of drug-likeness (QED) is 0.607. The van der Waals surface area contributed by atoms with Gasteiger partial charge in [0.05, 0.1) is 0 Å². The van der Waals surface area contributed by atoms with Crippen LogP contribution in [0.1, 0.15) is 23.4 Å². The SMILES string of the molecule is Cc1ccc(-c2noc(CCC(=O)N(C)Cc3ccc(N(C)C)cc3)n2)cc1F. The number of carbonyl (C=O) groups is 1. The molecule has 6 nitrogen and oxygen atoms in total. The Morgan fingerprint density at radius 2 is 1.83 bits per heavy atom. The Morgan fingerprint density at radius 1 is 1.10 bits per heavy atom. The maximum atomic E-state index is 13.7. The van der Waals surface area contributed by atoms with E-state index in [1.807, 2.05) is 43.3 Å². The number of rotatable bonds is 7. The van der Waals surface area contributed by atoms with E-state index in [1.165, 1.54) is 6.07 Å². The van der Waals surface area contributed by atoms with Crippen molar-refractivity contribution in [2.75, 3.05) is 26.0 Å². The van der Waals surface area contributed by atoms with Crippen molar-refractivity contribution in [2.24, 2.45) is 0 Å².